The van der Waals surface area contributed by atoms with Crippen molar-refractivity contribution in [3.63, 3.8) is 0 Å². The van der Waals surface area contributed by atoms with Crippen LogP contribution in [-0.2, 0) is 0 Å². The zero-order chi connectivity index (χ0) is 17.6. The summed E-state index contributed by atoms with van der Waals surface area (Å²) in [6.45, 7) is 2.29. The highest BCUT2D eigenvalue weighted by Crippen LogP contribution is 2.28. The Morgan fingerprint density at radius 1 is 1.08 bits per heavy atom. The third-order valence-electron chi connectivity index (χ3n) is 5.19. The molecule has 0 N–H and O–H groups in total. The Hall–Kier alpha value is -1.58. The van der Waals surface area contributed by atoms with Crippen LogP contribution >= 0.6 is 11.6 Å². The molecule has 0 aromatic heterocycles. The molecule has 1 aliphatic heterocycles. The minimum atomic E-state index is -0.825. The molecule has 0 amide bonds. The Morgan fingerprint density at radius 3 is 2.32 bits per heavy atom. The van der Waals surface area contributed by atoms with E-state index in [0.29, 0.717) is 16.3 Å². The van der Waals surface area contributed by atoms with Crippen LogP contribution in [0.5, 0.6) is 5.75 Å². The lowest BCUT2D eigenvalue weighted by molar-refractivity contribution is 0.0735. The van der Waals surface area contributed by atoms with Crippen LogP contribution in [0.2, 0.25) is 17.1 Å². The number of esters is 1. The summed E-state index contributed by atoms with van der Waals surface area (Å²) in [5.74, 6) is 1.22. The number of ether oxygens (including phenoxy) is 1. The number of benzene rings is 2. The summed E-state index contributed by atoms with van der Waals surface area (Å²) in [5, 5.41) is 2.11. The topological polar surface area (TPSA) is 26.3 Å². The van der Waals surface area contributed by atoms with E-state index in [9.17, 15) is 4.79 Å². The molecule has 1 heterocycles. The van der Waals surface area contributed by atoms with Crippen molar-refractivity contribution in [2.24, 2.45) is 5.92 Å². The maximum atomic E-state index is 12.2. The molecule has 3 rings (SSSR count). The van der Waals surface area contributed by atoms with Gasteiger partial charge in [0.1, 0.15) is 5.75 Å². The molecule has 0 saturated carbocycles. The van der Waals surface area contributed by atoms with E-state index in [1.54, 1.807) is 24.3 Å². The van der Waals surface area contributed by atoms with Gasteiger partial charge in [-0.2, -0.15) is 0 Å². The van der Waals surface area contributed by atoms with Gasteiger partial charge in [0, 0.05) is 5.02 Å². The summed E-state index contributed by atoms with van der Waals surface area (Å²) < 4.78 is 5.47. The summed E-state index contributed by atoms with van der Waals surface area (Å²) in [6, 6.07) is 17.8. The predicted octanol–water partition coefficient (Wildman–Crippen LogP) is 5.20. The van der Waals surface area contributed by atoms with E-state index >= 15 is 0 Å². The molecule has 0 unspecified atom stereocenters. The summed E-state index contributed by atoms with van der Waals surface area (Å²) in [4.78, 5) is 12.2. The first-order valence-electron chi connectivity index (χ1n) is 9.23. The highest BCUT2D eigenvalue weighted by Gasteiger charge is 2.23. The van der Waals surface area contributed by atoms with Crippen LogP contribution in [0.1, 0.15) is 43.0 Å². The van der Waals surface area contributed by atoms with Gasteiger partial charge in [-0.1, -0.05) is 73.6 Å². The molecule has 132 valence electrons. The highest BCUT2D eigenvalue weighted by molar-refractivity contribution is 6.73. The average Bonchev–Trinajstić information content (AvgIpc) is 2.64. The van der Waals surface area contributed by atoms with Crippen molar-refractivity contribution in [2.75, 3.05) is 0 Å². The van der Waals surface area contributed by atoms with E-state index < -0.39 is 8.80 Å². The summed E-state index contributed by atoms with van der Waals surface area (Å²) in [6.07, 6.45) is 5.50. The summed E-state index contributed by atoms with van der Waals surface area (Å²) in [7, 11) is -0.825. The second kappa shape index (κ2) is 8.68. The van der Waals surface area contributed by atoms with Crippen LogP contribution in [0.25, 0.3) is 0 Å². The number of hydrogen-bond acceptors (Lipinski definition) is 2. The molecule has 0 atom stereocenters. The molecule has 2 nitrogen and oxygen atoms in total. The fourth-order valence-corrected chi connectivity index (χ4v) is 7.32. The standard InChI is InChI=1S/C21H25ClO2Si/c1-2-3-16-12-14-25(15-13-16)20-10-8-19(9-11-20)24-21(23)17-4-6-18(22)7-5-17/h4-11,16,25H,2-3,12-15H2,1H3. The van der Waals surface area contributed by atoms with E-state index in [1.165, 1.54) is 43.0 Å². The van der Waals surface area contributed by atoms with Crippen molar-refractivity contribution in [1.29, 1.82) is 0 Å². The van der Waals surface area contributed by atoms with Gasteiger partial charge in [-0.05, 0) is 42.3 Å². The van der Waals surface area contributed by atoms with Gasteiger partial charge in [-0.15, -0.1) is 0 Å². The first kappa shape index (κ1) is 18.2. The van der Waals surface area contributed by atoms with Gasteiger partial charge in [0.05, 0.1) is 14.4 Å². The van der Waals surface area contributed by atoms with Crippen LogP contribution in [0, 0.1) is 5.92 Å². The Morgan fingerprint density at radius 2 is 1.72 bits per heavy atom. The van der Waals surface area contributed by atoms with E-state index in [-0.39, 0.29) is 5.97 Å². The molecule has 1 aliphatic rings. The van der Waals surface area contributed by atoms with Crippen molar-refractivity contribution in [2.45, 2.75) is 44.7 Å². The zero-order valence-corrected chi connectivity index (χ0v) is 16.6. The van der Waals surface area contributed by atoms with Crippen LogP contribution in [0.15, 0.2) is 48.5 Å². The van der Waals surface area contributed by atoms with E-state index in [2.05, 4.69) is 19.1 Å². The monoisotopic (exact) mass is 372 g/mol. The highest BCUT2D eigenvalue weighted by atomic mass is 35.5. The number of halogens is 1. The molecule has 25 heavy (non-hydrogen) atoms. The minimum Gasteiger partial charge on any atom is -0.423 e. The van der Waals surface area contributed by atoms with E-state index in [1.807, 2.05) is 12.1 Å². The molecule has 0 aliphatic carbocycles. The Bertz CT molecular complexity index is 689. The molecular weight excluding hydrogens is 348 g/mol. The molecule has 1 fully saturated rings. The van der Waals surface area contributed by atoms with Crippen LogP contribution in [-0.4, -0.2) is 14.8 Å². The van der Waals surface area contributed by atoms with Crippen molar-refractivity contribution in [3.8, 4) is 5.75 Å². The van der Waals surface area contributed by atoms with Crippen molar-refractivity contribution in [3.05, 3.63) is 59.1 Å². The molecule has 0 bridgehead atoms. The summed E-state index contributed by atoms with van der Waals surface area (Å²) in [5.41, 5.74) is 0.511. The SMILES string of the molecule is CCCC1CC[SiH](c2ccc(OC(=O)c3ccc(Cl)cc3)cc2)CC1. The van der Waals surface area contributed by atoms with E-state index in [0.717, 1.165) is 5.92 Å². The second-order valence-corrected chi connectivity index (χ2v) is 10.6. The molecule has 2 aromatic rings. The van der Waals surface area contributed by atoms with E-state index in [4.69, 9.17) is 16.3 Å². The lowest BCUT2D eigenvalue weighted by atomic mass is 9.97. The van der Waals surface area contributed by atoms with Crippen LogP contribution in [0.4, 0.5) is 0 Å². The van der Waals surface area contributed by atoms with Gasteiger partial charge in [0.25, 0.3) is 0 Å². The van der Waals surface area contributed by atoms with Gasteiger partial charge in [-0.25, -0.2) is 4.79 Å². The van der Waals surface area contributed by atoms with Gasteiger partial charge >= 0.3 is 5.97 Å². The van der Waals surface area contributed by atoms with Crippen LogP contribution < -0.4 is 9.92 Å². The first-order chi connectivity index (χ1) is 12.2. The van der Waals surface area contributed by atoms with Crippen LogP contribution in [0.3, 0.4) is 0 Å². The molecular formula is C21H25ClO2Si. The summed E-state index contributed by atoms with van der Waals surface area (Å²) >= 11 is 5.85. The van der Waals surface area contributed by atoms with Gasteiger partial charge in [0.15, 0.2) is 0 Å². The van der Waals surface area contributed by atoms with Crippen molar-refractivity contribution in [1.82, 2.24) is 0 Å². The molecule has 1 saturated heterocycles. The molecule has 4 heteroatoms. The van der Waals surface area contributed by atoms with Crippen molar-refractivity contribution >= 4 is 31.6 Å². The Balaban J connectivity index is 1.57. The largest absolute Gasteiger partial charge is 0.423 e. The van der Waals surface area contributed by atoms with Gasteiger partial charge < -0.3 is 4.74 Å². The third kappa shape index (κ3) is 4.96. The lowest BCUT2D eigenvalue weighted by Crippen LogP contribution is -2.33. The first-order valence-corrected chi connectivity index (χ1v) is 11.8. The molecule has 0 spiro atoms. The fourth-order valence-electron chi connectivity index (χ4n) is 3.75. The minimum absolute atomic E-state index is 0.346. The Kier molecular flexibility index (Phi) is 6.32. The number of carbonyl (C=O) groups is 1. The Labute approximate surface area is 156 Å². The van der Waals surface area contributed by atoms with Gasteiger partial charge in [-0.3, -0.25) is 0 Å². The van der Waals surface area contributed by atoms with Gasteiger partial charge in [0.2, 0.25) is 0 Å². The smallest absolute Gasteiger partial charge is 0.343 e. The fraction of sp³-hybridized carbons (Fsp3) is 0.381. The maximum absolute atomic E-state index is 12.2. The normalized spacial score (nSPS) is 20.2. The quantitative estimate of drug-likeness (QED) is 0.409. The number of rotatable bonds is 5. The van der Waals surface area contributed by atoms with Crippen molar-refractivity contribution < 1.29 is 9.53 Å². The molecule has 0 radical (unpaired) electrons. The lowest BCUT2D eigenvalue weighted by Gasteiger charge is -2.27. The third-order valence-corrected chi connectivity index (χ3v) is 8.83. The average molecular weight is 373 g/mol. The zero-order valence-electron chi connectivity index (χ0n) is 14.7. The molecule has 2 aromatic carbocycles. The number of hydrogen-bond donors (Lipinski definition) is 0. The predicted molar refractivity (Wildman–Crippen MR) is 107 cm³/mol. The second-order valence-electron chi connectivity index (χ2n) is 6.97. The maximum Gasteiger partial charge on any atom is 0.343 e. The number of carbonyl (C=O) groups excluding carboxylic acids is 1.